The summed E-state index contributed by atoms with van der Waals surface area (Å²) in [5.41, 5.74) is 1.22. The van der Waals surface area contributed by atoms with Gasteiger partial charge in [0.15, 0.2) is 0 Å². The fourth-order valence-corrected chi connectivity index (χ4v) is 5.47. The van der Waals surface area contributed by atoms with Crippen LogP contribution in [0.1, 0.15) is 36.2 Å². The molecule has 2 aliphatic heterocycles. The molecule has 2 saturated heterocycles. The second kappa shape index (κ2) is 8.69. The number of amides is 2. The molecule has 174 valence electrons. The van der Waals surface area contributed by atoms with Gasteiger partial charge in [0.25, 0.3) is 5.91 Å². The standard InChI is InChI=1S/C24H29N5O4/c1-33-20-6-2-5-18-17(20)10-19(28-18)24(32)29-12-14-9-16(14)21(29)23(31)27-15(11-25)8-13-4-3-7-26-22(13)30/h2,5-6,10,13-16,21-22,26,28,30H,3-4,7-9,12H2,1H3,(H,27,31)/t13-,14-,15-,16-,21-,22?/m0/s1. The number of aromatic amines is 1. The Hall–Kier alpha value is -3.09. The van der Waals surface area contributed by atoms with Crippen LogP contribution in [0.3, 0.4) is 0 Å². The Balaban J connectivity index is 1.31. The highest BCUT2D eigenvalue weighted by Gasteiger charge is 2.57. The van der Waals surface area contributed by atoms with Gasteiger partial charge in [-0.3, -0.25) is 14.9 Å². The first-order valence-electron chi connectivity index (χ1n) is 11.6. The van der Waals surface area contributed by atoms with Crippen molar-refractivity contribution in [3.8, 4) is 11.8 Å². The summed E-state index contributed by atoms with van der Waals surface area (Å²) in [4.78, 5) is 31.4. The maximum Gasteiger partial charge on any atom is 0.271 e. The number of aliphatic hydroxyl groups excluding tert-OH is 1. The summed E-state index contributed by atoms with van der Waals surface area (Å²) in [6.07, 6.45) is 2.38. The molecule has 3 aliphatic rings. The van der Waals surface area contributed by atoms with E-state index in [-0.39, 0.29) is 23.7 Å². The van der Waals surface area contributed by atoms with E-state index in [1.807, 2.05) is 18.2 Å². The van der Waals surface area contributed by atoms with Crippen LogP contribution in [0.15, 0.2) is 24.3 Å². The lowest BCUT2D eigenvalue weighted by Gasteiger charge is -2.31. The minimum absolute atomic E-state index is 0.0833. The molecule has 5 rings (SSSR count). The molecule has 1 aromatic heterocycles. The topological polar surface area (TPSA) is 130 Å². The van der Waals surface area contributed by atoms with E-state index in [0.717, 1.165) is 36.7 Å². The van der Waals surface area contributed by atoms with Crippen molar-refractivity contribution >= 4 is 22.7 Å². The van der Waals surface area contributed by atoms with Gasteiger partial charge in [-0.2, -0.15) is 5.26 Å². The first-order chi connectivity index (χ1) is 16.0. The Morgan fingerprint density at radius 3 is 3.03 bits per heavy atom. The third-order valence-corrected chi connectivity index (χ3v) is 7.32. The number of likely N-dealkylation sites (tertiary alicyclic amines) is 1. The molecule has 2 amide bonds. The lowest BCUT2D eigenvalue weighted by Crippen LogP contribution is -2.51. The average molecular weight is 452 g/mol. The second-order valence-electron chi connectivity index (χ2n) is 9.39. The van der Waals surface area contributed by atoms with Gasteiger partial charge in [-0.1, -0.05) is 6.07 Å². The van der Waals surface area contributed by atoms with Gasteiger partial charge < -0.3 is 25.0 Å². The number of hydrogen-bond acceptors (Lipinski definition) is 6. The van der Waals surface area contributed by atoms with Gasteiger partial charge in [0, 0.05) is 23.4 Å². The molecule has 6 atom stereocenters. The average Bonchev–Trinajstić information content (AvgIpc) is 3.27. The number of aliphatic hydroxyl groups is 1. The predicted molar refractivity (Wildman–Crippen MR) is 120 cm³/mol. The maximum absolute atomic E-state index is 13.4. The van der Waals surface area contributed by atoms with Crippen molar-refractivity contribution in [1.29, 1.82) is 5.26 Å². The molecule has 0 bridgehead atoms. The molecule has 1 aliphatic carbocycles. The number of rotatable bonds is 6. The highest BCUT2D eigenvalue weighted by Crippen LogP contribution is 2.50. The van der Waals surface area contributed by atoms with E-state index in [4.69, 9.17) is 4.74 Å². The normalized spacial score (nSPS) is 29.2. The molecule has 4 N–H and O–H groups in total. The number of aromatic nitrogens is 1. The summed E-state index contributed by atoms with van der Waals surface area (Å²) in [5.74, 6) is 0.549. The first-order valence-corrected chi connectivity index (χ1v) is 11.6. The lowest BCUT2D eigenvalue weighted by atomic mass is 9.91. The quantitative estimate of drug-likeness (QED) is 0.525. The molecular weight excluding hydrogens is 422 g/mol. The molecular formula is C24H29N5O4. The summed E-state index contributed by atoms with van der Waals surface area (Å²) in [5, 5.41) is 26.5. The summed E-state index contributed by atoms with van der Waals surface area (Å²) >= 11 is 0. The van der Waals surface area contributed by atoms with Crippen molar-refractivity contribution in [2.75, 3.05) is 20.2 Å². The van der Waals surface area contributed by atoms with E-state index in [9.17, 15) is 20.0 Å². The first kappa shape index (κ1) is 21.7. The highest BCUT2D eigenvalue weighted by atomic mass is 16.5. The highest BCUT2D eigenvalue weighted by molar-refractivity contribution is 6.02. The van der Waals surface area contributed by atoms with Crippen LogP contribution in [0.4, 0.5) is 0 Å². The van der Waals surface area contributed by atoms with Crippen LogP contribution in [0.5, 0.6) is 5.75 Å². The van der Waals surface area contributed by atoms with E-state index in [0.29, 0.717) is 30.3 Å². The number of hydrogen-bond donors (Lipinski definition) is 4. The van der Waals surface area contributed by atoms with E-state index < -0.39 is 18.3 Å². The molecule has 3 heterocycles. The summed E-state index contributed by atoms with van der Waals surface area (Å²) in [6.45, 7) is 1.29. The van der Waals surface area contributed by atoms with Crippen LogP contribution >= 0.6 is 0 Å². The fraction of sp³-hybridized carbons (Fsp3) is 0.542. The molecule has 1 unspecified atom stereocenters. The third kappa shape index (κ3) is 4.05. The Bertz CT molecular complexity index is 1110. The van der Waals surface area contributed by atoms with Crippen molar-refractivity contribution in [2.45, 2.75) is 44.0 Å². The Morgan fingerprint density at radius 1 is 1.42 bits per heavy atom. The molecule has 2 aromatic rings. The zero-order valence-electron chi connectivity index (χ0n) is 18.6. The number of benzene rings is 1. The van der Waals surface area contributed by atoms with E-state index >= 15 is 0 Å². The summed E-state index contributed by atoms with van der Waals surface area (Å²) in [6, 6.07) is 8.22. The number of methoxy groups -OCH3 is 1. The van der Waals surface area contributed by atoms with Gasteiger partial charge in [0.05, 0.1) is 13.2 Å². The Labute approximate surface area is 192 Å². The predicted octanol–water partition coefficient (Wildman–Crippen LogP) is 1.35. The lowest BCUT2D eigenvalue weighted by molar-refractivity contribution is -0.126. The van der Waals surface area contributed by atoms with Crippen molar-refractivity contribution in [1.82, 2.24) is 20.5 Å². The van der Waals surface area contributed by atoms with Gasteiger partial charge >= 0.3 is 0 Å². The van der Waals surface area contributed by atoms with E-state index in [2.05, 4.69) is 21.7 Å². The second-order valence-corrected chi connectivity index (χ2v) is 9.39. The smallest absolute Gasteiger partial charge is 0.271 e. The maximum atomic E-state index is 13.4. The molecule has 33 heavy (non-hydrogen) atoms. The van der Waals surface area contributed by atoms with Crippen molar-refractivity contribution < 1.29 is 19.4 Å². The number of nitriles is 1. The van der Waals surface area contributed by atoms with Gasteiger partial charge in [-0.25, -0.2) is 0 Å². The van der Waals surface area contributed by atoms with Crippen LogP contribution in [0.2, 0.25) is 0 Å². The summed E-state index contributed by atoms with van der Waals surface area (Å²) in [7, 11) is 1.59. The molecule has 1 aromatic carbocycles. The zero-order valence-corrected chi connectivity index (χ0v) is 18.6. The largest absolute Gasteiger partial charge is 0.496 e. The molecule has 1 saturated carbocycles. The zero-order chi connectivity index (χ0) is 23.1. The number of H-pyrrole nitrogens is 1. The number of ether oxygens (including phenoxy) is 1. The van der Waals surface area contributed by atoms with Crippen LogP contribution in [-0.4, -0.2) is 65.3 Å². The van der Waals surface area contributed by atoms with Crippen LogP contribution in [0, 0.1) is 29.1 Å². The SMILES string of the molecule is COc1cccc2[nH]c(C(=O)N3C[C@@H]4C[C@@H]4[C@H]3C(=O)N[C@H](C#N)C[C@@H]3CCCNC3O)cc12. The minimum atomic E-state index is -0.705. The number of carbonyl (C=O) groups is 2. The number of nitrogens with one attached hydrogen (secondary N) is 3. The van der Waals surface area contributed by atoms with Gasteiger partial charge in [0.2, 0.25) is 5.91 Å². The number of carbonyl (C=O) groups excluding carboxylic acids is 2. The number of nitrogens with zero attached hydrogens (tertiary/aromatic N) is 2. The van der Waals surface area contributed by atoms with Gasteiger partial charge in [0.1, 0.15) is 29.8 Å². The van der Waals surface area contributed by atoms with Crippen LogP contribution < -0.4 is 15.4 Å². The van der Waals surface area contributed by atoms with Gasteiger partial charge in [-0.15, -0.1) is 0 Å². The van der Waals surface area contributed by atoms with E-state index in [1.54, 1.807) is 18.1 Å². The van der Waals surface area contributed by atoms with Crippen LogP contribution in [0.25, 0.3) is 10.9 Å². The molecule has 0 spiro atoms. The molecule has 0 radical (unpaired) electrons. The fourth-order valence-electron chi connectivity index (χ4n) is 5.47. The number of fused-ring (bicyclic) bond motifs is 2. The van der Waals surface area contributed by atoms with Crippen molar-refractivity contribution in [3.63, 3.8) is 0 Å². The monoisotopic (exact) mass is 451 g/mol. The van der Waals surface area contributed by atoms with Crippen molar-refractivity contribution in [2.24, 2.45) is 17.8 Å². The van der Waals surface area contributed by atoms with Gasteiger partial charge in [-0.05, 0) is 62.3 Å². The van der Waals surface area contributed by atoms with Crippen LogP contribution in [-0.2, 0) is 4.79 Å². The molecule has 9 nitrogen and oxygen atoms in total. The van der Waals surface area contributed by atoms with Crippen molar-refractivity contribution in [3.05, 3.63) is 30.0 Å². The molecule has 3 fully saturated rings. The third-order valence-electron chi connectivity index (χ3n) is 7.32. The number of piperidine rings is 2. The Kier molecular flexibility index (Phi) is 5.72. The Morgan fingerprint density at radius 2 is 2.27 bits per heavy atom. The minimum Gasteiger partial charge on any atom is -0.496 e. The molecule has 9 heteroatoms. The summed E-state index contributed by atoms with van der Waals surface area (Å²) < 4.78 is 5.39. The van der Waals surface area contributed by atoms with E-state index in [1.165, 1.54) is 0 Å².